The van der Waals surface area contributed by atoms with Crippen molar-refractivity contribution in [1.29, 1.82) is 0 Å². The first-order chi connectivity index (χ1) is 28.6. The minimum atomic E-state index is -0.0371. The normalized spacial score (nSPS) is 20.8. The summed E-state index contributed by atoms with van der Waals surface area (Å²) < 4.78 is 19.8. The number of rotatable bonds is 38. The van der Waals surface area contributed by atoms with Crippen molar-refractivity contribution in [3.05, 3.63) is 17.7 Å². The van der Waals surface area contributed by atoms with Gasteiger partial charge in [-0.2, -0.15) is 0 Å². The number of carbonyl (C=O) groups excluding carboxylic acids is 1. The van der Waals surface area contributed by atoms with Crippen LogP contribution in [0.4, 0.5) is 0 Å². The SMILES string of the molecule is CCCCCCCCCCCCOc1cc(C(=O)NC23CC4CC(CC(C4)C2)C3)cc(OCCCCCCCCCCCC)c1OCCCCCCCCCCCC. The van der Waals surface area contributed by atoms with Gasteiger partial charge in [0.25, 0.3) is 5.91 Å². The average molecular weight is 808 g/mol. The third-order valence-corrected chi connectivity index (χ3v) is 14.0. The first kappa shape index (κ1) is 48.8. The van der Waals surface area contributed by atoms with Gasteiger partial charge in [0.15, 0.2) is 11.5 Å². The second kappa shape index (κ2) is 30.2. The largest absolute Gasteiger partial charge is 0.490 e. The molecule has 4 bridgehead atoms. The summed E-state index contributed by atoms with van der Waals surface area (Å²) in [6.07, 6.45) is 46.5. The third-order valence-electron chi connectivity index (χ3n) is 14.0. The van der Waals surface area contributed by atoms with E-state index in [0.717, 1.165) is 56.3 Å². The molecule has 0 aromatic heterocycles. The minimum Gasteiger partial charge on any atom is -0.490 e. The second-order valence-electron chi connectivity index (χ2n) is 19.5. The number of hydrogen-bond acceptors (Lipinski definition) is 4. The lowest BCUT2D eigenvalue weighted by atomic mass is 9.53. The van der Waals surface area contributed by atoms with Crippen LogP contribution in [0.1, 0.15) is 262 Å². The van der Waals surface area contributed by atoms with Gasteiger partial charge in [-0.15, -0.1) is 0 Å². The number of benzene rings is 1. The number of unbranched alkanes of at least 4 members (excludes halogenated alkanes) is 27. The zero-order valence-electron chi connectivity index (χ0n) is 38.6. The fourth-order valence-electron chi connectivity index (χ4n) is 10.9. The van der Waals surface area contributed by atoms with Crippen molar-refractivity contribution in [3.63, 3.8) is 0 Å². The molecule has 4 aliphatic carbocycles. The summed E-state index contributed by atoms with van der Waals surface area (Å²) in [4.78, 5) is 14.3. The molecular weight excluding hydrogens is 715 g/mol. The molecule has 1 aromatic rings. The summed E-state index contributed by atoms with van der Waals surface area (Å²) in [6, 6.07) is 3.96. The molecule has 0 heterocycles. The molecule has 1 aromatic carbocycles. The zero-order valence-corrected chi connectivity index (χ0v) is 38.6. The van der Waals surface area contributed by atoms with Crippen molar-refractivity contribution < 1.29 is 19.0 Å². The van der Waals surface area contributed by atoms with Crippen molar-refractivity contribution in [2.24, 2.45) is 17.8 Å². The van der Waals surface area contributed by atoms with E-state index in [-0.39, 0.29) is 11.4 Å². The van der Waals surface area contributed by atoms with Crippen molar-refractivity contribution >= 4 is 5.91 Å². The lowest BCUT2D eigenvalue weighted by molar-refractivity contribution is -0.0167. The number of nitrogens with one attached hydrogen (secondary N) is 1. The van der Waals surface area contributed by atoms with Gasteiger partial charge in [-0.1, -0.05) is 194 Å². The summed E-state index contributed by atoms with van der Waals surface area (Å²) in [5.74, 6) is 4.49. The van der Waals surface area contributed by atoms with E-state index >= 15 is 0 Å². The summed E-state index contributed by atoms with van der Waals surface area (Å²) in [5, 5.41) is 3.64. The maximum absolute atomic E-state index is 14.3. The fourth-order valence-corrected chi connectivity index (χ4v) is 10.9. The third kappa shape index (κ3) is 19.2. The Bertz CT molecular complexity index is 1110. The molecule has 334 valence electrons. The Hall–Kier alpha value is -1.91. The molecule has 0 saturated heterocycles. The van der Waals surface area contributed by atoms with Crippen LogP contribution in [0.5, 0.6) is 17.2 Å². The van der Waals surface area contributed by atoms with Crippen LogP contribution < -0.4 is 19.5 Å². The average Bonchev–Trinajstić information content (AvgIpc) is 3.20. The molecule has 5 rings (SSSR count). The highest BCUT2D eigenvalue weighted by Gasteiger charge is 2.51. The lowest BCUT2D eigenvalue weighted by Crippen LogP contribution is -2.59. The van der Waals surface area contributed by atoms with Gasteiger partial charge >= 0.3 is 0 Å². The van der Waals surface area contributed by atoms with Gasteiger partial charge in [0.2, 0.25) is 5.75 Å². The Morgan fingerprint density at radius 1 is 0.466 bits per heavy atom. The van der Waals surface area contributed by atoms with Crippen LogP contribution in [0.15, 0.2) is 12.1 Å². The summed E-state index contributed by atoms with van der Waals surface area (Å²) >= 11 is 0. The zero-order chi connectivity index (χ0) is 40.9. The highest BCUT2D eigenvalue weighted by Crippen LogP contribution is 2.55. The summed E-state index contributed by atoms with van der Waals surface area (Å²) in [5.41, 5.74) is 0.628. The van der Waals surface area contributed by atoms with Crippen LogP contribution in [0.25, 0.3) is 0 Å². The van der Waals surface area contributed by atoms with E-state index in [9.17, 15) is 4.79 Å². The highest BCUT2D eigenvalue weighted by molar-refractivity contribution is 5.96. The number of hydrogen-bond donors (Lipinski definition) is 1. The van der Waals surface area contributed by atoms with E-state index in [4.69, 9.17) is 14.2 Å². The van der Waals surface area contributed by atoms with Gasteiger partial charge in [-0.05, 0) is 87.7 Å². The smallest absolute Gasteiger partial charge is 0.251 e. The minimum absolute atomic E-state index is 0.0371. The van der Waals surface area contributed by atoms with Crippen molar-refractivity contribution in [2.45, 2.75) is 257 Å². The van der Waals surface area contributed by atoms with Gasteiger partial charge in [0.05, 0.1) is 19.8 Å². The molecule has 4 saturated carbocycles. The molecule has 0 atom stereocenters. The van der Waals surface area contributed by atoms with E-state index < -0.39 is 0 Å². The molecule has 0 aliphatic heterocycles. The quantitative estimate of drug-likeness (QED) is 0.0676. The maximum atomic E-state index is 14.3. The van der Waals surface area contributed by atoms with Gasteiger partial charge in [0.1, 0.15) is 0 Å². The maximum Gasteiger partial charge on any atom is 0.251 e. The monoisotopic (exact) mass is 808 g/mol. The van der Waals surface area contributed by atoms with E-state index in [1.165, 1.54) is 193 Å². The van der Waals surface area contributed by atoms with E-state index in [1.807, 2.05) is 12.1 Å². The fraction of sp³-hybridized carbons (Fsp3) is 0.868. The van der Waals surface area contributed by atoms with Crippen LogP contribution in [-0.2, 0) is 0 Å². The standard InChI is InChI=1S/C53H93NO4/c1-4-7-10-13-16-19-22-25-28-31-34-56-49-40-48(52(55)54-53-42-45-37-46(43-53)39-47(38-45)44-53)41-50(57-35-32-29-26-23-20-17-14-11-8-5-2)51(49)58-36-33-30-27-24-21-18-15-12-9-6-3/h40-41,45-47H,4-39,42-44H2,1-3H3,(H,54,55). The molecule has 0 spiro atoms. The van der Waals surface area contributed by atoms with Crippen LogP contribution in [0.3, 0.4) is 0 Å². The molecule has 4 aliphatic rings. The van der Waals surface area contributed by atoms with Crippen molar-refractivity contribution in [2.75, 3.05) is 19.8 Å². The van der Waals surface area contributed by atoms with Crippen LogP contribution >= 0.6 is 0 Å². The molecular formula is C53H93NO4. The summed E-state index contributed by atoms with van der Waals surface area (Å²) in [7, 11) is 0. The first-order valence-electron chi connectivity index (χ1n) is 25.9. The molecule has 0 radical (unpaired) electrons. The Morgan fingerprint density at radius 3 is 1.09 bits per heavy atom. The highest BCUT2D eigenvalue weighted by atomic mass is 16.5. The molecule has 58 heavy (non-hydrogen) atoms. The number of carbonyl (C=O) groups is 1. The Balaban J connectivity index is 1.36. The van der Waals surface area contributed by atoms with Crippen molar-refractivity contribution in [1.82, 2.24) is 5.32 Å². The molecule has 0 unspecified atom stereocenters. The topological polar surface area (TPSA) is 56.8 Å². The van der Waals surface area contributed by atoms with E-state index in [0.29, 0.717) is 42.6 Å². The second-order valence-corrected chi connectivity index (χ2v) is 19.5. The predicted octanol–water partition coefficient (Wildman–Crippen LogP) is 16.3. The number of amides is 1. The van der Waals surface area contributed by atoms with Gasteiger partial charge in [0, 0.05) is 11.1 Å². The van der Waals surface area contributed by atoms with Crippen molar-refractivity contribution in [3.8, 4) is 17.2 Å². The van der Waals surface area contributed by atoms with Crippen LogP contribution in [0.2, 0.25) is 0 Å². The molecule has 5 heteroatoms. The molecule has 4 fully saturated rings. The van der Waals surface area contributed by atoms with Crippen LogP contribution in [-0.4, -0.2) is 31.3 Å². The predicted molar refractivity (Wildman–Crippen MR) is 247 cm³/mol. The lowest BCUT2D eigenvalue weighted by Gasteiger charge is -2.56. The van der Waals surface area contributed by atoms with E-state index in [1.54, 1.807) is 0 Å². The van der Waals surface area contributed by atoms with Gasteiger partial charge in [-0.25, -0.2) is 0 Å². The summed E-state index contributed by atoms with van der Waals surface area (Å²) in [6.45, 7) is 8.80. The van der Waals surface area contributed by atoms with Gasteiger partial charge in [-0.3, -0.25) is 4.79 Å². The molecule has 1 N–H and O–H groups in total. The molecule has 1 amide bonds. The van der Waals surface area contributed by atoms with Gasteiger partial charge < -0.3 is 19.5 Å². The Morgan fingerprint density at radius 2 is 0.759 bits per heavy atom. The first-order valence-corrected chi connectivity index (χ1v) is 25.9. The Labute approximate surface area is 359 Å². The molecule has 5 nitrogen and oxygen atoms in total. The number of ether oxygens (including phenoxy) is 3. The van der Waals surface area contributed by atoms with Crippen LogP contribution in [0, 0.1) is 17.8 Å². The Kier molecular flexibility index (Phi) is 25.4. The van der Waals surface area contributed by atoms with E-state index in [2.05, 4.69) is 26.1 Å².